The van der Waals surface area contributed by atoms with Crippen LogP contribution in [0.2, 0.25) is 0 Å². The van der Waals surface area contributed by atoms with E-state index in [2.05, 4.69) is 53.2 Å². The highest BCUT2D eigenvalue weighted by molar-refractivity contribution is 5.94. The summed E-state index contributed by atoms with van der Waals surface area (Å²) >= 11 is 0. The third-order valence-corrected chi connectivity index (χ3v) is 6.25. The first-order valence-electron chi connectivity index (χ1n) is 11.6. The summed E-state index contributed by atoms with van der Waals surface area (Å²) in [5.74, 6) is 0.678. The Kier molecular flexibility index (Phi) is 4.92. The molecular formula is C27H25N7. The Labute approximate surface area is 197 Å². The van der Waals surface area contributed by atoms with Crippen molar-refractivity contribution >= 4 is 33.3 Å². The normalized spacial score (nSPS) is 15.6. The van der Waals surface area contributed by atoms with Gasteiger partial charge in [0, 0.05) is 58.7 Å². The number of nitrogens with one attached hydrogen (secondary N) is 2. The molecule has 1 atom stereocenters. The number of rotatable bonds is 4. The van der Waals surface area contributed by atoms with E-state index in [-0.39, 0.29) is 6.04 Å². The Hall–Kier alpha value is -3.97. The van der Waals surface area contributed by atoms with Crippen molar-refractivity contribution < 1.29 is 0 Å². The Bertz CT molecular complexity index is 1560. The van der Waals surface area contributed by atoms with Gasteiger partial charge in [0.2, 0.25) is 0 Å². The largest absolute Gasteiger partial charge is 0.345 e. The molecule has 1 unspecified atom stereocenters. The SMILES string of the molecule is CC1=Nc2ccc(-c3c[nH]c4nc(-c5ccc6ncccc6c5)ncc34)nc2CC1NC(C)C. The maximum Gasteiger partial charge on any atom is 0.161 e. The van der Waals surface area contributed by atoms with Gasteiger partial charge in [0.25, 0.3) is 0 Å². The van der Waals surface area contributed by atoms with E-state index < -0.39 is 0 Å². The standard InChI is InChI=1S/C27H25N7/c1-15(2)31-24-12-25-23(32-16(24)3)9-8-22(33-25)19-13-30-27-20(19)14-29-26(34-27)18-6-7-21-17(11-18)5-4-10-28-21/h4-11,13-15,24,31H,12H2,1-3H3,(H,29,30,34). The van der Waals surface area contributed by atoms with Gasteiger partial charge in [0.15, 0.2) is 5.82 Å². The second-order valence-corrected chi connectivity index (χ2v) is 9.06. The molecule has 0 radical (unpaired) electrons. The Morgan fingerprint density at radius 3 is 2.85 bits per heavy atom. The molecule has 0 bridgehead atoms. The second-order valence-electron chi connectivity index (χ2n) is 9.06. The predicted octanol–water partition coefficient (Wildman–Crippen LogP) is 5.25. The van der Waals surface area contributed by atoms with Crippen LogP contribution in [-0.2, 0) is 6.42 Å². The number of hydrogen-bond donors (Lipinski definition) is 2. The molecule has 34 heavy (non-hydrogen) atoms. The summed E-state index contributed by atoms with van der Waals surface area (Å²) in [5, 5.41) is 5.61. The molecule has 5 aromatic rings. The first-order valence-corrected chi connectivity index (χ1v) is 11.6. The number of aromatic amines is 1. The summed E-state index contributed by atoms with van der Waals surface area (Å²) < 4.78 is 0. The molecule has 7 nitrogen and oxygen atoms in total. The van der Waals surface area contributed by atoms with Gasteiger partial charge in [0.05, 0.1) is 28.6 Å². The number of hydrogen-bond acceptors (Lipinski definition) is 6. The highest BCUT2D eigenvalue weighted by Crippen LogP contribution is 2.32. The van der Waals surface area contributed by atoms with Crippen molar-refractivity contribution in [3.63, 3.8) is 0 Å². The molecule has 0 saturated carbocycles. The number of fused-ring (bicyclic) bond motifs is 3. The van der Waals surface area contributed by atoms with Crippen LogP contribution in [-0.4, -0.2) is 42.7 Å². The molecule has 0 fully saturated rings. The molecule has 168 valence electrons. The summed E-state index contributed by atoms with van der Waals surface area (Å²) in [6.45, 7) is 6.39. The summed E-state index contributed by atoms with van der Waals surface area (Å²) in [7, 11) is 0. The summed E-state index contributed by atoms with van der Waals surface area (Å²) in [5.41, 5.74) is 7.67. The average molecular weight is 448 g/mol. The van der Waals surface area contributed by atoms with Gasteiger partial charge >= 0.3 is 0 Å². The topological polar surface area (TPSA) is 91.7 Å². The van der Waals surface area contributed by atoms with Crippen molar-refractivity contribution in [2.45, 2.75) is 39.3 Å². The predicted molar refractivity (Wildman–Crippen MR) is 136 cm³/mol. The number of aliphatic imine (C=N–C) groups is 1. The fourth-order valence-corrected chi connectivity index (χ4v) is 4.56. The number of benzene rings is 1. The minimum atomic E-state index is 0.210. The van der Waals surface area contributed by atoms with Gasteiger partial charge in [-0.3, -0.25) is 15.0 Å². The highest BCUT2D eigenvalue weighted by Gasteiger charge is 2.23. The monoisotopic (exact) mass is 447 g/mol. The van der Waals surface area contributed by atoms with Crippen LogP contribution >= 0.6 is 0 Å². The molecule has 6 rings (SSSR count). The van der Waals surface area contributed by atoms with Crippen molar-refractivity contribution in [1.82, 2.24) is 30.2 Å². The van der Waals surface area contributed by atoms with Crippen LogP contribution in [0.4, 0.5) is 5.69 Å². The second kappa shape index (κ2) is 8.11. The van der Waals surface area contributed by atoms with Crippen LogP contribution in [0.15, 0.2) is 66.0 Å². The molecule has 1 aliphatic heterocycles. The van der Waals surface area contributed by atoms with Gasteiger partial charge in [-0.25, -0.2) is 9.97 Å². The third kappa shape index (κ3) is 3.64. The average Bonchev–Trinajstić information content (AvgIpc) is 3.27. The van der Waals surface area contributed by atoms with Crippen molar-refractivity contribution in [3.05, 3.63) is 66.7 Å². The molecular weight excluding hydrogens is 422 g/mol. The molecule has 7 heteroatoms. The number of nitrogens with zero attached hydrogens (tertiary/aromatic N) is 5. The zero-order chi connectivity index (χ0) is 23.2. The lowest BCUT2D eigenvalue weighted by atomic mass is 10.00. The Morgan fingerprint density at radius 2 is 1.97 bits per heavy atom. The Morgan fingerprint density at radius 1 is 1.06 bits per heavy atom. The van der Waals surface area contributed by atoms with E-state index in [1.807, 2.05) is 42.7 Å². The summed E-state index contributed by atoms with van der Waals surface area (Å²) in [6.07, 6.45) is 6.47. The van der Waals surface area contributed by atoms with Gasteiger partial charge in [0.1, 0.15) is 5.65 Å². The number of H-pyrrole nitrogens is 1. The highest BCUT2D eigenvalue weighted by atomic mass is 15.0. The van der Waals surface area contributed by atoms with Gasteiger partial charge in [-0.05, 0) is 43.3 Å². The zero-order valence-electron chi connectivity index (χ0n) is 19.4. The van der Waals surface area contributed by atoms with E-state index in [9.17, 15) is 0 Å². The van der Waals surface area contributed by atoms with E-state index in [0.29, 0.717) is 11.9 Å². The Balaban J connectivity index is 1.35. The van der Waals surface area contributed by atoms with Crippen LogP contribution in [0.5, 0.6) is 0 Å². The minimum absolute atomic E-state index is 0.210. The van der Waals surface area contributed by atoms with Crippen molar-refractivity contribution in [2.75, 3.05) is 0 Å². The molecule has 1 aliphatic rings. The van der Waals surface area contributed by atoms with Crippen LogP contribution < -0.4 is 5.32 Å². The molecule has 1 aromatic carbocycles. The first-order chi connectivity index (χ1) is 16.5. The molecule has 0 aliphatic carbocycles. The fourth-order valence-electron chi connectivity index (χ4n) is 4.56. The van der Waals surface area contributed by atoms with E-state index in [1.165, 1.54) is 0 Å². The van der Waals surface area contributed by atoms with Crippen LogP contribution in [0.3, 0.4) is 0 Å². The maximum atomic E-state index is 4.98. The van der Waals surface area contributed by atoms with Gasteiger partial charge in [-0.2, -0.15) is 0 Å². The molecule has 5 heterocycles. The van der Waals surface area contributed by atoms with Gasteiger partial charge in [-0.1, -0.05) is 19.9 Å². The number of aromatic nitrogens is 5. The van der Waals surface area contributed by atoms with Crippen molar-refractivity contribution in [1.29, 1.82) is 0 Å². The van der Waals surface area contributed by atoms with Crippen molar-refractivity contribution in [3.8, 4) is 22.6 Å². The van der Waals surface area contributed by atoms with Gasteiger partial charge < -0.3 is 10.3 Å². The summed E-state index contributed by atoms with van der Waals surface area (Å²) in [4.78, 5) is 26.9. The van der Waals surface area contributed by atoms with E-state index in [4.69, 9.17) is 15.0 Å². The van der Waals surface area contributed by atoms with E-state index in [0.717, 1.165) is 62.3 Å². The van der Waals surface area contributed by atoms with Crippen LogP contribution in [0, 0.1) is 0 Å². The lowest BCUT2D eigenvalue weighted by Gasteiger charge is -2.25. The fraction of sp³-hybridized carbons (Fsp3) is 0.222. The quantitative estimate of drug-likeness (QED) is 0.393. The van der Waals surface area contributed by atoms with Crippen LogP contribution in [0.25, 0.3) is 44.6 Å². The molecule has 0 saturated heterocycles. The first kappa shape index (κ1) is 20.6. The summed E-state index contributed by atoms with van der Waals surface area (Å²) in [6, 6.07) is 14.7. The molecule has 4 aromatic heterocycles. The lowest BCUT2D eigenvalue weighted by Crippen LogP contribution is -2.42. The lowest BCUT2D eigenvalue weighted by molar-refractivity contribution is 0.531. The number of pyridine rings is 2. The third-order valence-electron chi connectivity index (χ3n) is 6.25. The van der Waals surface area contributed by atoms with Gasteiger partial charge in [-0.15, -0.1) is 0 Å². The molecule has 0 spiro atoms. The van der Waals surface area contributed by atoms with E-state index in [1.54, 1.807) is 6.20 Å². The van der Waals surface area contributed by atoms with Crippen LogP contribution in [0.1, 0.15) is 26.5 Å². The smallest absolute Gasteiger partial charge is 0.161 e. The minimum Gasteiger partial charge on any atom is -0.345 e. The maximum absolute atomic E-state index is 4.98. The molecule has 0 amide bonds. The van der Waals surface area contributed by atoms with E-state index >= 15 is 0 Å². The zero-order valence-corrected chi connectivity index (χ0v) is 19.4. The van der Waals surface area contributed by atoms with Crippen molar-refractivity contribution in [2.24, 2.45) is 4.99 Å². The molecule has 2 N–H and O–H groups in total.